The van der Waals surface area contributed by atoms with E-state index in [1.165, 1.54) is 0 Å². The summed E-state index contributed by atoms with van der Waals surface area (Å²) in [7, 11) is 1.62. The van der Waals surface area contributed by atoms with E-state index >= 15 is 0 Å². The highest BCUT2D eigenvalue weighted by molar-refractivity contribution is 8.08. The van der Waals surface area contributed by atoms with Crippen LogP contribution in [0.4, 0.5) is 5.69 Å². The third-order valence-corrected chi connectivity index (χ3v) is 5.63. The molecule has 2 atom stereocenters. The van der Waals surface area contributed by atoms with Crippen LogP contribution in [0.3, 0.4) is 0 Å². The fourth-order valence-electron chi connectivity index (χ4n) is 2.61. The molecule has 1 fully saturated rings. The second kappa shape index (κ2) is 7.72. The van der Waals surface area contributed by atoms with Crippen molar-refractivity contribution in [3.63, 3.8) is 0 Å². The smallest absolute Gasteiger partial charge is 0.324 e. The van der Waals surface area contributed by atoms with Gasteiger partial charge in [0.2, 0.25) is 5.25 Å². The molecule has 1 aliphatic heterocycles. The summed E-state index contributed by atoms with van der Waals surface area (Å²) in [6.07, 6.45) is 1.18. The third-order valence-electron chi connectivity index (χ3n) is 4.09. The van der Waals surface area contributed by atoms with Crippen molar-refractivity contribution in [1.29, 1.82) is 0 Å². The van der Waals surface area contributed by atoms with Gasteiger partial charge in [-0.15, -0.1) is 0 Å². The van der Waals surface area contributed by atoms with Crippen LogP contribution < -0.4 is 10.1 Å². The number of ether oxygens (including phenoxy) is 1. The number of aryl methyl sites for hydroxylation is 2. The molecule has 0 spiro atoms. The highest BCUT2D eigenvalue weighted by Crippen LogP contribution is 2.22. The summed E-state index contributed by atoms with van der Waals surface area (Å²) >= 11 is -1.45. The van der Waals surface area contributed by atoms with Crippen molar-refractivity contribution < 1.29 is 14.1 Å². The summed E-state index contributed by atoms with van der Waals surface area (Å²) in [6, 6.07) is 15.2. The first-order chi connectivity index (χ1) is 12.1. The van der Waals surface area contributed by atoms with Gasteiger partial charge in [0.25, 0.3) is 5.91 Å². The van der Waals surface area contributed by atoms with E-state index < -0.39 is 16.4 Å². The summed E-state index contributed by atoms with van der Waals surface area (Å²) in [5.74, 6) is 0.566. The molecule has 0 bridgehead atoms. The molecule has 1 saturated heterocycles. The lowest BCUT2D eigenvalue weighted by molar-refractivity contribution is -0.118. The second-order valence-electron chi connectivity index (χ2n) is 5.91. The number of amidine groups is 1. The van der Waals surface area contributed by atoms with Gasteiger partial charge in [-0.25, -0.2) is 0 Å². The van der Waals surface area contributed by atoms with Crippen LogP contribution in [0.25, 0.3) is 0 Å². The van der Waals surface area contributed by atoms with E-state index in [0.29, 0.717) is 18.5 Å². The number of nitrogens with zero attached hydrogens (tertiary/aromatic N) is 1. The Hall–Kier alpha value is -2.31. The first-order valence-corrected chi connectivity index (χ1v) is 9.28. The van der Waals surface area contributed by atoms with E-state index in [1.807, 2.05) is 55.5 Å². The van der Waals surface area contributed by atoms with Crippen molar-refractivity contribution in [2.75, 3.05) is 7.11 Å². The molecule has 25 heavy (non-hydrogen) atoms. The van der Waals surface area contributed by atoms with Crippen LogP contribution in [-0.4, -0.2) is 28.0 Å². The van der Waals surface area contributed by atoms with Crippen LogP contribution in [-0.2, 0) is 22.4 Å². The van der Waals surface area contributed by atoms with Crippen molar-refractivity contribution >= 4 is 27.9 Å². The molecule has 0 aromatic heterocycles. The number of carbonyl (C=O) groups is 1. The van der Waals surface area contributed by atoms with Crippen molar-refractivity contribution in [3.8, 4) is 5.75 Å². The number of hydrogen-bond acceptors (Lipinski definition) is 4. The standard InChI is InChI=1S/C19H20N2O3S/c1-13-3-8-15(9-4-13)20-19-21-18(22)17(25(19)23)12-7-14-5-10-16(24-2)11-6-14/h3-6,8-11,17H,7,12H2,1-2H3,(H,20,21,22). The fourth-order valence-corrected chi connectivity index (χ4v) is 3.86. The van der Waals surface area contributed by atoms with E-state index in [1.54, 1.807) is 7.11 Å². The summed E-state index contributed by atoms with van der Waals surface area (Å²) in [6.45, 7) is 1.99. The van der Waals surface area contributed by atoms with Crippen molar-refractivity contribution in [2.45, 2.75) is 25.0 Å². The van der Waals surface area contributed by atoms with E-state index in [-0.39, 0.29) is 11.1 Å². The van der Waals surface area contributed by atoms with Gasteiger partial charge in [-0.2, -0.15) is 4.99 Å². The zero-order chi connectivity index (χ0) is 17.8. The lowest BCUT2D eigenvalue weighted by Crippen LogP contribution is -2.26. The summed E-state index contributed by atoms with van der Waals surface area (Å²) in [4.78, 5) is 16.5. The molecule has 2 unspecified atom stereocenters. The number of amides is 1. The molecule has 1 heterocycles. The largest absolute Gasteiger partial charge is 0.608 e. The maximum absolute atomic E-state index is 12.6. The van der Waals surface area contributed by atoms with Gasteiger partial charge in [-0.1, -0.05) is 29.8 Å². The Balaban J connectivity index is 1.66. The predicted molar refractivity (Wildman–Crippen MR) is 99.7 cm³/mol. The monoisotopic (exact) mass is 356 g/mol. The van der Waals surface area contributed by atoms with Crippen LogP contribution in [0.1, 0.15) is 17.5 Å². The number of rotatable bonds is 5. The Morgan fingerprint density at radius 1 is 1.16 bits per heavy atom. The minimum Gasteiger partial charge on any atom is -0.608 e. The highest BCUT2D eigenvalue weighted by Gasteiger charge is 2.43. The zero-order valence-electron chi connectivity index (χ0n) is 14.2. The van der Waals surface area contributed by atoms with Gasteiger partial charge in [0.15, 0.2) is 0 Å². The number of carbonyl (C=O) groups excluding carboxylic acids is 1. The molecular weight excluding hydrogens is 336 g/mol. The van der Waals surface area contributed by atoms with E-state index in [0.717, 1.165) is 16.9 Å². The maximum Gasteiger partial charge on any atom is 0.324 e. The molecule has 6 heteroatoms. The Morgan fingerprint density at radius 2 is 1.84 bits per heavy atom. The van der Waals surface area contributed by atoms with Gasteiger partial charge in [0.05, 0.1) is 12.8 Å². The van der Waals surface area contributed by atoms with E-state index in [2.05, 4.69) is 10.3 Å². The van der Waals surface area contributed by atoms with E-state index in [9.17, 15) is 9.35 Å². The van der Waals surface area contributed by atoms with Crippen LogP contribution in [0.2, 0.25) is 0 Å². The van der Waals surface area contributed by atoms with Crippen LogP contribution in [0.5, 0.6) is 5.75 Å². The van der Waals surface area contributed by atoms with Gasteiger partial charge >= 0.3 is 5.17 Å². The molecular formula is C19H20N2O3S. The normalized spacial score (nSPS) is 21.4. The minimum absolute atomic E-state index is 0.224. The summed E-state index contributed by atoms with van der Waals surface area (Å²) < 4.78 is 17.7. The average molecular weight is 356 g/mol. The topological polar surface area (TPSA) is 73.8 Å². The minimum atomic E-state index is -1.45. The number of aliphatic imine (C=N–C) groups is 1. The molecule has 1 aliphatic rings. The van der Waals surface area contributed by atoms with Gasteiger partial charge in [0.1, 0.15) is 5.75 Å². The Morgan fingerprint density at radius 3 is 2.48 bits per heavy atom. The Labute approximate surface area is 150 Å². The molecule has 1 N–H and O–H groups in total. The molecule has 0 radical (unpaired) electrons. The number of benzene rings is 2. The van der Waals surface area contributed by atoms with Crippen molar-refractivity contribution in [3.05, 3.63) is 59.7 Å². The average Bonchev–Trinajstić information content (AvgIpc) is 2.89. The van der Waals surface area contributed by atoms with Gasteiger partial charge in [-0.05, 0) is 43.2 Å². The van der Waals surface area contributed by atoms with Crippen molar-refractivity contribution in [2.24, 2.45) is 4.99 Å². The summed E-state index contributed by atoms with van der Waals surface area (Å²) in [5.41, 5.74) is 2.89. The number of nitrogens with one attached hydrogen (secondary N) is 1. The lowest BCUT2D eigenvalue weighted by atomic mass is 10.1. The maximum atomic E-state index is 12.6. The molecule has 0 saturated carbocycles. The first-order valence-electron chi connectivity index (χ1n) is 8.06. The Kier molecular flexibility index (Phi) is 5.40. The fraction of sp³-hybridized carbons (Fsp3) is 0.263. The van der Waals surface area contributed by atoms with Crippen LogP contribution in [0.15, 0.2) is 53.5 Å². The van der Waals surface area contributed by atoms with Crippen LogP contribution >= 0.6 is 0 Å². The number of methoxy groups -OCH3 is 1. The second-order valence-corrected chi connectivity index (χ2v) is 7.47. The molecule has 2 aromatic carbocycles. The third kappa shape index (κ3) is 4.21. The lowest BCUT2D eigenvalue weighted by Gasteiger charge is -2.10. The molecule has 3 rings (SSSR count). The molecule has 130 valence electrons. The number of hydrogen-bond donors (Lipinski definition) is 1. The van der Waals surface area contributed by atoms with Gasteiger partial charge in [-0.3, -0.25) is 10.1 Å². The molecule has 0 aliphatic carbocycles. The Bertz CT molecular complexity index is 772. The quantitative estimate of drug-likeness (QED) is 0.837. The first kappa shape index (κ1) is 17.5. The highest BCUT2D eigenvalue weighted by atomic mass is 32.2. The van der Waals surface area contributed by atoms with Crippen LogP contribution in [0, 0.1) is 6.92 Å². The molecule has 1 amide bonds. The molecule has 2 aromatic rings. The van der Waals surface area contributed by atoms with Gasteiger partial charge < -0.3 is 9.29 Å². The zero-order valence-corrected chi connectivity index (χ0v) is 15.0. The van der Waals surface area contributed by atoms with Crippen molar-refractivity contribution in [1.82, 2.24) is 5.32 Å². The van der Waals surface area contributed by atoms with Gasteiger partial charge in [0, 0.05) is 17.6 Å². The predicted octanol–water partition coefficient (Wildman–Crippen LogP) is 2.87. The molecule has 5 nitrogen and oxygen atoms in total. The summed E-state index contributed by atoms with van der Waals surface area (Å²) in [5, 5.41) is 2.34. The SMILES string of the molecule is COc1ccc(CCC2C(=O)N/C(=N/c3ccc(C)cc3)[S+]2[O-])cc1. The van der Waals surface area contributed by atoms with E-state index in [4.69, 9.17) is 4.74 Å².